The second-order valence-corrected chi connectivity index (χ2v) is 8.49. The van der Waals surface area contributed by atoms with E-state index >= 15 is 0 Å². The minimum absolute atomic E-state index is 0.152. The molecule has 0 fully saturated rings. The third kappa shape index (κ3) is 2.93. The summed E-state index contributed by atoms with van der Waals surface area (Å²) >= 11 is 0. The van der Waals surface area contributed by atoms with E-state index < -0.39 is 10.1 Å². The minimum atomic E-state index is -4.18. The summed E-state index contributed by atoms with van der Waals surface area (Å²) < 4.78 is 33.2. The Morgan fingerprint density at radius 1 is 1.16 bits per heavy atom. The van der Waals surface area contributed by atoms with Crippen LogP contribution in [0, 0.1) is 13.8 Å². The van der Waals surface area contributed by atoms with Crippen molar-refractivity contribution in [1.29, 1.82) is 0 Å². The van der Waals surface area contributed by atoms with Crippen LogP contribution in [0.15, 0.2) is 4.90 Å². The van der Waals surface area contributed by atoms with Gasteiger partial charge in [0.1, 0.15) is 0 Å². The molecule has 19 heavy (non-hydrogen) atoms. The van der Waals surface area contributed by atoms with Gasteiger partial charge in [0.25, 0.3) is 10.1 Å². The summed E-state index contributed by atoms with van der Waals surface area (Å²) in [4.78, 5) is 0.152. The van der Waals surface area contributed by atoms with Crippen molar-refractivity contribution in [1.82, 2.24) is 0 Å². The highest BCUT2D eigenvalue weighted by Crippen LogP contribution is 2.34. The Balaban J connectivity index is 4.03. The van der Waals surface area contributed by atoms with Crippen molar-refractivity contribution in [2.45, 2.75) is 58.3 Å². The molecule has 3 nitrogen and oxygen atoms in total. The molecule has 5 heteroatoms. The topological polar surface area (TPSA) is 54.4 Å². The monoisotopic (exact) mass is 300 g/mol. The fraction of sp³-hybridized carbons (Fsp3) is 0.571. The minimum Gasteiger partial charge on any atom is -0.282 e. The van der Waals surface area contributed by atoms with Gasteiger partial charge in [0.05, 0.1) is 4.90 Å². The van der Waals surface area contributed by atoms with Crippen LogP contribution in [0.4, 0.5) is 0 Å². The second-order valence-electron chi connectivity index (χ2n) is 6.14. The van der Waals surface area contributed by atoms with E-state index in [-0.39, 0.29) is 10.3 Å². The molecule has 0 saturated carbocycles. The summed E-state index contributed by atoms with van der Waals surface area (Å²) in [6.45, 7) is 12.0. The largest absolute Gasteiger partial charge is 0.294 e. The van der Waals surface area contributed by atoms with E-state index in [2.05, 4.69) is 6.92 Å². The van der Waals surface area contributed by atoms with Crippen LogP contribution in [0.3, 0.4) is 0 Å². The Bertz CT molecular complexity index is 611. The van der Waals surface area contributed by atoms with E-state index in [1.165, 1.54) is 5.56 Å². The standard InChI is InChI=1S/C14H24O3SSi/c1-7-10-8(2)11(14(4,5)6)12(18(15,16)17)13(19)9(10)3/h7H2,1-6,19H3,(H,15,16,17). The Labute approximate surface area is 119 Å². The van der Waals surface area contributed by atoms with Crippen LogP contribution < -0.4 is 5.19 Å². The van der Waals surface area contributed by atoms with E-state index in [0.29, 0.717) is 10.2 Å². The van der Waals surface area contributed by atoms with Gasteiger partial charge in [-0.25, -0.2) is 0 Å². The summed E-state index contributed by atoms with van der Waals surface area (Å²) in [6.07, 6.45) is 0.877. The quantitative estimate of drug-likeness (QED) is 0.663. The average Bonchev–Trinajstić information content (AvgIpc) is 2.20. The lowest BCUT2D eigenvalue weighted by Gasteiger charge is -2.29. The van der Waals surface area contributed by atoms with Crippen LogP contribution in [0.5, 0.6) is 0 Å². The molecule has 1 N–H and O–H groups in total. The number of hydrogen-bond donors (Lipinski definition) is 1. The molecular formula is C14H24O3SSi. The molecule has 0 radical (unpaired) electrons. The molecule has 1 aromatic carbocycles. The molecule has 0 amide bonds. The van der Waals surface area contributed by atoms with Crippen molar-refractivity contribution in [3.05, 3.63) is 22.3 Å². The zero-order valence-electron chi connectivity index (χ0n) is 12.9. The maximum Gasteiger partial charge on any atom is 0.294 e. The van der Waals surface area contributed by atoms with Crippen molar-refractivity contribution in [2.75, 3.05) is 0 Å². The first-order chi connectivity index (χ1) is 8.42. The first-order valence-corrected chi connectivity index (χ1v) is 8.97. The molecule has 0 aliphatic heterocycles. The molecule has 0 spiro atoms. The molecule has 0 aliphatic carbocycles. The summed E-state index contributed by atoms with van der Waals surface area (Å²) in [7, 11) is -3.58. The van der Waals surface area contributed by atoms with Gasteiger partial charge in [0.15, 0.2) is 0 Å². The first kappa shape index (κ1) is 16.4. The SMILES string of the molecule is CCc1c(C)c([SiH3])c(S(=O)(=O)O)c(C(C)(C)C)c1C. The lowest BCUT2D eigenvalue weighted by atomic mass is 9.81. The Kier molecular flexibility index (Phi) is 4.35. The van der Waals surface area contributed by atoms with Gasteiger partial charge in [-0.15, -0.1) is 0 Å². The van der Waals surface area contributed by atoms with Crippen molar-refractivity contribution < 1.29 is 13.0 Å². The molecule has 0 aromatic heterocycles. The number of rotatable bonds is 2. The van der Waals surface area contributed by atoms with E-state index in [0.717, 1.165) is 28.3 Å². The van der Waals surface area contributed by atoms with Gasteiger partial charge < -0.3 is 0 Å². The zero-order chi connectivity index (χ0) is 15.2. The zero-order valence-corrected chi connectivity index (χ0v) is 15.7. The fourth-order valence-electron chi connectivity index (χ4n) is 2.94. The molecule has 108 valence electrons. The second kappa shape index (κ2) is 5.03. The summed E-state index contributed by atoms with van der Waals surface area (Å²) in [5.41, 5.74) is 3.68. The van der Waals surface area contributed by atoms with Crippen LogP contribution in [0.2, 0.25) is 0 Å². The van der Waals surface area contributed by atoms with Crippen molar-refractivity contribution in [3.63, 3.8) is 0 Å². The molecule has 0 unspecified atom stereocenters. The summed E-state index contributed by atoms with van der Waals surface area (Å²) in [6, 6.07) is 0. The maximum atomic E-state index is 11.8. The van der Waals surface area contributed by atoms with Gasteiger partial charge in [-0.3, -0.25) is 4.55 Å². The highest BCUT2D eigenvalue weighted by atomic mass is 32.2. The van der Waals surface area contributed by atoms with Gasteiger partial charge in [-0.2, -0.15) is 8.42 Å². The van der Waals surface area contributed by atoms with Crippen molar-refractivity contribution in [2.24, 2.45) is 0 Å². The Morgan fingerprint density at radius 2 is 1.63 bits per heavy atom. The maximum absolute atomic E-state index is 11.8. The molecule has 0 atom stereocenters. The van der Waals surface area contributed by atoms with Crippen molar-refractivity contribution in [3.8, 4) is 0 Å². The number of benzene rings is 1. The van der Waals surface area contributed by atoms with Crippen LogP contribution >= 0.6 is 0 Å². The smallest absolute Gasteiger partial charge is 0.282 e. The molecule has 1 aromatic rings. The highest BCUT2D eigenvalue weighted by molar-refractivity contribution is 7.86. The molecule has 1 rings (SSSR count). The predicted octanol–water partition coefficient (Wildman–Crippen LogP) is 1.40. The highest BCUT2D eigenvalue weighted by Gasteiger charge is 2.30. The molecule has 0 aliphatic rings. The lowest BCUT2D eigenvalue weighted by Crippen LogP contribution is -2.29. The predicted molar refractivity (Wildman–Crippen MR) is 83.4 cm³/mol. The van der Waals surface area contributed by atoms with E-state index in [1.807, 2.05) is 34.6 Å². The Hall–Kier alpha value is -0.653. The van der Waals surface area contributed by atoms with E-state index in [1.54, 1.807) is 0 Å². The fourth-order valence-corrected chi connectivity index (χ4v) is 5.53. The van der Waals surface area contributed by atoms with Crippen LogP contribution in [-0.4, -0.2) is 23.2 Å². The normalized spacial score (nSPS) is 13.0. The van der Waals surface area contributed by atoms with Crippen LogP contribution in [0.25, 0.3) is 0 Å². The van der Waals surface area contributed by atoms with Crippen molar-refractivity contribution >= 4 is 25.5 Å². The van der Waals surface area contributed by atoms with E-state index in [4.69, 9.17) is 0 Å². The number of hydrogen-bond acceptors (Lipinski definition) is 2. The van der Waals surface area contributed by atoms with Gasteiger partial charge in [-0.1, -0.05) is 27.7 Å². The summed E-state index contributed by atoms with van der Waals surface area (Å²) in [5.74, 6) is 0. The summed E-state index contributed by atoms with van der Waals surface area (Å²) in [5, 5.41) is 0.801. The lowest BCUT2D eigenvalue weighted by molar-refractivity contribution is 0.476. The molecular weight excluding hydrogens is 276 g/mol. The van der Waals surface area contributed by atoms with Crippen LogP contribution in [-0.2, 0) is 22.0 Å². The third-order valence-electron chi connectivity index (χ3n) is 3.77. The molecule has 0 heterocycles. The van der Waals surface area contributed by atoms with Gasteiger partial charge in [-0.05, 0) is 53.1 Å². The third-order valence-corrected chi connectivity index (χ3v) is 6.41. The Morgan fingerprint density at radius 3 is 1.95 bits per heavy atom. The average molecular weight is 300 g/mol. The first-order valence-electron chi connectivity index (χ1n) is 6.53. The van der Waals surface area contributed by atoms with Crippen LogP contribution in [0.1, 0.15) is 49.9 Å². The molecule has 0 bridgehead atoms. The van der Waals surface area contributed by atoms with Gasteiger partial charge >= 0.3 is 0 Å². The van der Waals surface area contributed by atoms with Gasteiger partial charge in [0, 0.05) is 10.2 Å². The van der Waals surface area contributed by atoms with E-state index in [9.17, 15) is 13.0 Å². The van der Waals surface area contributed by atoms with Gasteiger partial charge in [0.2, 0.25) is 0 Å². The molecule has 0 saturated heterocycles.